The largest absolute Gasteiger partial charge is 0.423 e. The first-order valence-electron chi connectivity index (χ1n) is 7.80. The minimum atomic E-state index is -0.315. The van der Waals surface area contributed by atoms with Crippen LogP contribution < -0.4 is 4.90 Å². The molecule has 0 bridgehead atoms. The smallest absolute Gasteiger partial charge is 0.298 e. The van der Waals surface area contributed by atoms with Gasteiger partial charge in [0.05, 0.1) is 0 Å². The van der Waals surface area contributed by atoms with Crippen molar-refractivity contribution in [1.29, 1.82) is 0 Å². The molecule has 116 valence electrons. The van der Waals surface area contributed by atoms with Gasteiger partial charge in [0.25, 0.3) is 6.01 Å². The van der Waals surface area contributed by atoms with Crippen LogP contribution in [0.1, 0.15) is 19.3 Å². The second kappa shape index (κ2) is 5.26. The second-order valence-electron chi connectivity index (χ2n) is 6.05. The van der Waals surface area contributed by atoms with Gasteiger partial charge in [-0.05, 0) is 31.4 Å². The molecule has 0 unspecified atom stereocenters. The van der Waals surface area contributed by atoms with Gasteiger partial charge in [0.1, 0.15) is 11.3 Å². The molecule has 1 aromatic heterocycles. The Kier molecular flexibility index (Phi) is 3.24. The van der Waals surface area contributed by atoms with E-state index in [0.29, 0.717) is 36.1 Å². The van der Waals surface area contributed by atoms with Crippen molar-refractivity contribution in [2.75, 3.05) is 31.1 Å². The summed E-state index contributed by atoms with van der Waals surface area (Å²) >= 11 is 0. The lowest BCUT2D eigenvalue weighted by Gasteiger charge is -2.21. The first-order chi connectivity index (χ1) is 10.7. The van der Waals surface area contributed by atoms with Gasteiger partial charge in [0, 0.05) is 38.2 Å². The number of fused-ring (bicyclic) bond motifs is 1. The Morgan fingerprint density at radius 3 is 2.91 bits per heavy atom. The van der Waals surface area contributed by atoms with E-state index in [2.05, 4.69) is 4.98 Å². The van der Waals surface area contributed by atoms with Crippen LogP contribution in [0.2, 0.25) is 0 Å². The minimum Gasteiger partial charge on any atom is -0.423 e. The molecule has 2 fully saturated rings. The number of aromatic nitrogens is 1. The van der Waals surface area contributed by atoms with Crippen molar-refractivity contribution >= 4 is 23.0 Å². The summed E-state index contributed by atoms with van der Waals surface area (Å²) in [4.78, 5) is 20.5. The molecule has 2 heterocycles. The highest BCUT2D eigenvalue weighted by Gasteiger charge is 2.34. The molecule has 0 radical (unpaired) electrons. The highest BCUT2D eigenvalue weighted by Crippen LogP contribution is 2.31. The van der Waals surface area contributed by atoms with Gasteiger partial charge in [-0.3, -0.25) is 4.79 Å². The van der Waals surface area contributed by atoms with Crippen molar-refractivity contribution in [3.8, 4) is 0 Å². The van der Waals surface area contributed by atoms with Gasteiger partial charge in [0.2, 0.25) is 5.91 Å². The molecule has 0 N–H and O–H groups in total. The fourth-order valence-electron chi connectivity index (χ4n) is 2.94. The van der Waals surface area contributed by atoms with Crippen LogP contribution >= 0.6 is 0 Å². The van der Waals surface area contributed by atoms with E-state index in [4.69, 9.17) is 4.42 Å². The number of carbonyl (C=O) groups is 1. The second-order valence-corrected chi connectivity index (χ2v) is 6.05. The highest BCUT2D eigenvalue weighted by atomic mass is 19.1. The number of halogens is 1. The molecule has 1 saturated carbocycles. The Balaban J connectivity index is 1.50. The average molecular weight is 303 g/mol. The van der Waals surface area contributed by atoms with Gasteiger partial charge >= 0.3 is 0 Å². The number of rotatable bonds is 2. The summed E-state index contributed by atoms with van der Waals surface area (Å²) in [6.07, 6.45) is 2.97. The molecule has 6 heteroatoms. The van der Waals surface area contributed by atoms with Gasteiger partial charge < -0.3 is 14.2 Å². The third-order valence-corrected chi connectivity index (χ3v) is 4.34. The van der Waals surface area contributed by atoms with E-state index < -0.39 is 0 Å². The SMILES string of the molecule is O=C(C1CC1)N1CCCN(c2nc3cc(F)ccc3o2)CC1. The predicted molar refractivity (Wildman–Crippen MR) is 80.1 cm³/mol. The number of benzene rings is 1. The number of amides is 1. The summed E-state index contributed by atoms with van der Waals surface area (Å²) in [6.45, 7) is 2.99. The molecule has 1 saturated heterocycles. The highest BCUT2D eigenvalue weighted by molar-refractivity contribution is 5.81. The van der Waals surface area contributed by atoms with Crippen LogP contribution in [-0.4, -0.2) is 42.0 Å². The van der Waals surface area contributed by atoms with Crippen LogP contribution in [0.15, 0.2) is 22.6 Å². The maximum atomic E-state index is 13.2. The third-order valence-electron chi connectivity index (χ3n) is 4.34. The van der Waals surface area contributed by atoms with E-state index in [9.17, 15) is 9.18 Å². The molecule has 0 spiro atoms. The van der Waals surface area contributed by atoms with Crippen LogP contribution in [0.3, 0.4) is 0 Å². The Hall–Kier alpha value is -2.11. The molecule has 0 atom stereocenters. The maximum absolute atomic E-state index is 13.2. The maximum Gasteiger partial charge on any atom is 0.298 e. The van der Waals surface area contributed by atoms with Crippen LogP contribution in [0.25, 0.3) is 11.1 Å². The summed E-state index contributed by atoms with van der Waals surface area (Å²) in [7, 11) is 0. The van der Waals surface area contributed by atoms with Gasteiger partial charge in [0.15, 0.2) is 5.58 Å². The van der Waals surface area contributed by atoms with E-state index in [-0.39, 0.29) is 11.7 Å². The van der Waals surface area contributed by atoms with Crippen molar-refractivity contribution in [1.82, 2.24) is 9.88 Å². The lowest BCUT2D eigenvalue weighted by atomic mass is 10.3. The summed E-state index contributed by atoms with van der Waals surface area (Å²) < 4.78 is 19.0. The van der Waals surface area contributed by atoms with Crippen LogP contribution in [0.4, 0.5) is 10.4 Å². The fourth-order valence-corrected chi connectivity index (χ4v) is 2.94. The average Bonchev–Trinajstić information content (AvgIpc) is 3.30. The molecule has 2 aromatic rings. The van der Waals surface area contributed by atoms with E-state index >= 15 is 0 Å². The van der Waals surface area contributed by atoms with Crippen LogP contribution in [0, 0.1) is 11.7 Å². The molecular formula is C16H18FN3O2. The zero-order valence-corrected chi connectivity index (χ0v) is 12.3. The number of nitrogens with zero attached hydrogens (tertiary/aromatic N) is 3. The first kappa shape index (κ1) is 13.5. The predicted octanol–water partition coefficient (Wildman–Crippen LogP) is 2.42. The summed E-state index contributed by atoms with van der Waals surface area (Å²) in [5.41, 5.74) is 1.12. The first-order valence-corrected chi connectivity index (χ1v) is 7.80. The molecule has 1 amide bonds. The molecule has 22 heavy (non-hydrogen) atoms. The number of carbonyl (C=O) groups excluding carboxylic acids is 1. The fraction of sp³-hybridized carbons (Fsp3) is 0.500. The zero-order valence-electron chi connectivity index (χ0n) is 12.3. The zero-order chi connectivity index (χ0) is 15.1. The van der Waals surface area contributed by atoms with E-state index in [1.54, 1.807) is 6.07 Å². The summed E-state index contributed by atoms with van der Waals surface area (Å²) in [6, 6.07) is 4.86. The van der Waals surface area contributed by atoms with Crippen molar-refractivity contribution < 1.29 is 13.6 Å². The molecule has 4 rings (SSSR count). The Morgan fingerprint density at radius 2 is 2.09 bits per heavy atom. The normalized spacial score (nSPS) is 19.5. The topological polar surface area (TPSA) is 49.6 Å². The number of oxazole rings is 1. The molecule has 5 nitrogen and oxygen atoms in total. The van der Waals surface area contributed by atoms with Crippen molar-refractivity contribution in [3.63, 3.8) is 0 Å². The van der Waals surface area contributed by atoms with E-state index in [1.165, 1.54) is 12.1 Å². The van der Waals surface area contributed by atoms with Gasteiger partial charge in [-0.25, -0.2) is 4.39 Å². The Labute approximate surface area is 127 Å². The number of anilines is 1. The molecule has 1 aliphatic carbocycles. The molecule has 2 aliphatic rings. The lowest BCUT2D eigenvalue weighted by Crippen LogP contribution is -2.36. The van der Waals surface area contributed by atoms with Crippen molar-refractivity contribution in [2.24, 2.45) is 5.92 Å². The van der Waals surface area contributed by atoms with Gasteiger partial charge in [-0.1, -0.05) is 0 Å². The Bertz CT molecular complexity index is 710. The number of hydrogen-bond donors (Lipinski definition) is 0. The van der Waals surface area contributed by atoms with Crippen LogP contribution in [0.5, 0.6) is 0 Å². The quantitative estimate of drug-likeness (QED) is 0.855. The Morgan fingerprint density at radius 1 is 1.23 bits per heavy atom. The van der Waals surface area contributed by atoms with E-state index in [0.717, 1.165) is 32.4 Å². The summed E-state index contributed by atoms with van der Waals surface area (Å²) in [5.74, 6) is 0.241. The number of hydrogen-bond acceptors (Lipinski definition) is 4. The molecule has 1 aromatic carbocycles. The van der Waals surface area contributed by atoms with Crippen molar-refractivity contribution in [2.45, 2.75) is 19.3 Å². The van der Waals surface area contributed by atoms with Crippen LogP contribution in [-0.2, 0) is 4.79 Å². The standard InChI is InChI=1S/C16H18FN3O2/c17-12-4-5-14-13(10-12)18-16(22-14)20-7-1-6-19(8-9-20)15(21)11-2-3-11/h4-5,10-11H,1-3,6-9H2. The summed E-state index contributed by atoms with van der Waals surface area (Å²) in [5, 5.41) is 0. The molecule has 1 aliphatic heterocycles. The molecular weight excluding hydrogens is 285 g/mol. The lowest BCUT2D eigenvalue weighted by molar-refractivity contribution is -0.132. The third kappa shape index (κ3) is 2.53. The van der Waals surface area contributed by atoms with E-state index in [1.807, 2.05) is 9.80 Å². The monoisotopic (exact) mass is 303 g/mol. The van der Waals surface area contributed by atoms with Gasteiger partial charge in [-0.2, -0.15) is 4.98 Å². The minimum absolute atomic E-state index is 0.263. The van der Waals surface area contributed by atoms with Gasteiger partial charge in [-0.15, -0.1) is 0 Å². The van der Waals surface area contributed by atoms with Crippen molar-refractivity contribution in [3.05, 3.63) is 24.0 Å².